The van der Waals surface area contributed by atoms with E-state index in [0.717, 1.165) is 31.6 Å². The van der Waals surface area contributed by atoms with Crippen molar-refractivity contribution >= 4 is 0 Å². The molecule has 3 nitrogen and oxygen atoms in total. The van der Waals surface area contributed by atoms with Crippen LogP contribution < -0.4 is 5.32 Å². The third-order valence-electron chi connectivity index (χ3n) is 4.39. The van der Waals surface area contributed by atoms with E-state index in [1.165, 1.54) is 17.7 Å². The molecule has 0 aromatic carbocycles. The molecule has 1 aromatic rings. The SMILES string of the molecule is CCCNC1CC(C)(C)Cc2nc(C(C)CC)ncc21. The number of rotatable bonds is 5. The van der Waals surface area contributed by atoms with Gasteiger partial charge in [-0.1, -0.05) is 34.6 Å². The fourth-order valence-electron chi connectivity index (χ4n) is 2.98. The van der Waals surface area contributed by atoms with Crippen LogP contribution in [0.4, 0.5) is 0 Å². The smallest absolute Gasteiger partial charge is 0.131 e. The third-order valence-corrected chi connectivity index (χ3v) is 4.39. The summed E-state index contributed by atoms with van der Waals surface area (Å²) >= 11 is 0. The summed E-state index contributed by atoms with van der Waals surface area (Å²) in [6.45, 7) is 12.4. The van der Waals surface area contributed by atoms with Gasteiger partial charge < -0.3 is 5.32 Å². The maximum absolute atomic E-state index is 4.89. The first-order valence-corrected chi connectivity index (χ1v) is 8.06. The van der Waals surface area contributed by atoms with E-state index in [1.807, 2.05) is 0 Å². The van der Waals surface area contributed by atoms with Crippen LogP contribution in [0, 0.1) is 5.41 Å². The Balaban J connectivity index is 2.31. The fraction of sp³-hybridized carbons (Fsp3) is 0.765. The normalized spacial score (nSPS) is 22.4. The van der Waals surface area contributed by atoms with Crippen molar-refractivity contribution in [3.8, 4) is 0 Å². The molecule has 1 aromatic heterocycles. The van der Waals surface area contributed by atoms with Gasteiger partial charge in [-0.25, -0.2) is 9.97 Å². The average Bonchev–Trinajstić information content (AvgIpc) is 2.41. The highest BCUT2D eigenvalue weighted by molar-refractivity contribution is 5.27. The van der Waals surface area contributed by atoms with E-state index in [0.29, 0.717) is 17.4 Å². The van der Waals surface area contributed by atoms with Crippen LogP contribution in [0.5, 0.6) is 0 Å². The molecule has 0 aliphatic heterocycles. The summed E-state index contributed by atoms with van der Waals surface area (Å²) in [5.74, 6) is 1.46. The third kappa shape index (κ3) is 3.38. The molecule has 0 saturated carbocycles. The predicted octanol–water partition coefficient (Wildman–Crippen LogP) is 4.00. The first kappa shape index (κ1) is 15.4. The number of hydrogen-bond acceptors (Lipinski definition) is 3. The number of nitrogens with zero attached hydrogens (tertiary/aromatic N) is 2. The first-order chi connectivity index (χ1) is 9.46. The van der Waals surface area contributed by atoms with Gasteiger partial charge in [0.1, 0.15) is 5.82 Å². The molecular formula is C17H29N3. The van der Waals surface area contributed by atoms with Gasteiger partial charge in [0, 0.05) is 29.4 Å². The van der Waals surface area contributed by atoms with Crippen molar-refractivity contribution in [1.29, 1.82) is 0 Å². The van der Waals surface area contributed by atoms with Gasteiger partial charge >= 0.3 is 0 Å². The summed E-state index contributed by atoms with van der Waals surface area (Å²) in [4.78, 5) is 9.50. The molecule has 1 aliphatic rings. The van der Waals surface area contributed by atoms with E-state index in [1.54, 1.807) is 0 Å². The van der Waals surface area contributed by atoms with Crippen LogP contribution in [-0.4, -0.2) is 16.5 Å². The predicted molar refractivity (Wildman–Crippen MR) is 83.9 cm³/mol. The summed E-state index contributed by atoms with van der Waals surface area (Å²) in [5.41, 5.74) is 2.91. The number of nitrogens with one attached hydrogen (secondary N) is 1. The van der Waals surface area contributed by atoms with Crippen LogP contribution in [0.15, 0.2) is 6.20 Å². The van der Waals surface area contributed by atoms with Crippen molar-refractivity contribution in [3.63, 3.8) is 0 Å². The van der Waals surface area contributed by atoms with E-state index in [-0.39, 0.29) is 0 Å². The minimum Gasteiger partial charge on any atom is -0.310 e. The standard InChI is InChI=1S/C17H29N3/c1-6-8-18-14-9-17(4,5)10-15-13(14)11-19-16(20-15)12(3)7-2/h11-12,14,18H,6-10H2,1-5H3. The van der Waals surface area contributed by atoms with Gasteiger partial charge in [-0.3, -0.25) is 0 Å². The second-order valence-electron chi connectivity index (χ2n) is 6.99. The Bertz CT molecular complexity index is 454. The monoisotopic (exact) mass is 275 g/mol. The lowest BCUT2D eigenvalue weighted by molar-refractivity contribution is 0.253. The number of aromatic nitrogens is 2. The molecule has 0 amide bonds. The Labute approximate surface area is 123 Å². The van der Waals surface area contributed by atoms with Gasteiger partial charge in [-0.15, -0.1) is 0 Å². The van der Waals surface area contributed by atoms with Crippen molar-refractivity contribution in [3.05, 3.63) is 23.3 Å². The Kier molecular flexibility index (Phi) is 4.79. The van der Waals surface area contributed by atoms with Gasteiger partial charge in [0.25, 0.3) is 0 Å². The highest BCUT2D eigenvalue weighted by Crippen LogP contribution is 2.40. The first-order valence-electron chi connectivity index (χ1n) is 8.06. The van der Waals surface area contributed by atoms with Gasteiger partial charge in [0.05, 0.1) is 0 Å². The van der Waals surface area contributed by atoms with E-state index >= 15 is 0 Å². The molecule has 0 radical (unpaired) electrons. The zero-order chi connectivity index (χ0) is 14.8. The number of fused-ring (bicyclic) bond motifs is 1. The lowest BCUT2D eigenvalue weighted by Crippen LogP contribution is -2.34. The fourth-order valence-corrected chi connectivity index (χ4v) is 2.98. The molecule has 2 atom stereocenters. The summed E-state index contributed by atoms with van der Waals surface area (Å²) in [7, 11) is 0. The van der Waals surface area contributed by atoms with Crippen molar-refractivity contribution in [2.75, 3.05) is 6.54 Å². The Hall–Kier alpha value is -0.960. The van der Waals surface area contributed by atoms with E-state index in [2.05, 4.69) is 51.1 Å². The largest absolute Gasteiger partial charge is 0.310 e. The van der Waals surface area contributed by atoms with Crippen LogP contribution in [0.2, 0.25) is 0 Å². The lowest BCUT2D eigenvalue weighted by Gasteiger charge is -2.36. The molecule has 112 valence electrons. The van der Waals surface area contributed by atoms with Gasteiger partial charge in [0.15, 0.2) is 0 Å². The van der Waals surface area contributed by atoms with Gasteiger partial charge in [-0.2, -0.15) is 0 Å². The highest BCUT2D eigenvalue weighted by Gasteiger charge is 2.33. The summed E-state index contributed by atoms with van der Waals surface area (Å²) in [6, 6.07) is 0.416. The molecule has 1 N–H and O–H groups in total. The van der Waals surface area contributed by atoms with Crippen LogP contribution in [0.3, 0.4) is 0 Å². The van der Waals surface area contributed by atoms with Crippen molar-refractivity contribution in [2.45, 2.75) is 72.3 Å². The molecule has 0 spiro atoms. The summed E-state index contributed by atoms with van der Waals surface area (Å²) in [6.07, 6.45) is 6.58. The Morgan fingerprint density at radius 2 is 2.15 bits per heavy atom. The Morgan fingerprint density at radius 3 is 2.80 bits per heavy atom. The van der Waals surface area contributed by atoms with Crippen LogP contribution in [0.25, 0.3) is 0 Å². The molecule has 1 heterocycles. The van der Waals surface area contributed by atoms with Crippen LogP contribution in [-0.2, 0) is 6.42 Å². The van der Waals surface area contributed by atoms with Gasteiger partial charge in [0.2, 0.25) is 0 Å². The van der Waals surface area contributed by atoms with E-state index < -0.39 is 0 Å². The van der Waals surface area contributed by atoms with Crippen molar-refractivity contribution < 1.29 is 0 Å². The molecule has 20 heavy (non-hydrogen) atoms. The van der Waals surface area contributed by atoms with Crippen molar-refractivity contribution in [1.82, 2.24) is 15.3 Å². The molecule has 2 unspecified atom stereocenters. The molecule has 3 heteroatoms. The second kappa shape index (κ2) is 6.21. The Morgan fingerprint density at radius 1 is 1.40 bits per heavy atom. The molecule has 0 fully saturated rings. The second-order valence-corrected chi connectivity index (χ2v) is 6.99. The minimum atomic E-state index is 0.319. The van der Waals surface area contributed by atoms with Crippen molar-refractivity contribution in [2.24, 2.45) is 5.41 Å². The van der Waals surface area contributed by atoms with Gasteiger partial charge in [-0.05, 0) is 37.6 Å². The quantitative estimate of drug-likeness (QED) is 0.882. The topological polar surface area (TPSA) is 37.8 Å². The highest BCUT2D eigenvalue weighted by atomic mass is 15.0. The molecular weight excluding hydrogens is 246 g/mol. The lowest BCUT2D eigenvalue weighted by atomic mass is 9.74. The summed E-state index contributed by atoms with van der Waals surface area (Å²) < 4.78 is 0. The molecule has 0 saturated heterocycles. The molecule has 1 aliphatic carbocycles. The average molecular weight is 275 g/mol. The zero-order valence-electron chi connectivity index (χ0n) is 13.7. The van der Waals surface area contributed by atoms with Crippen LogP contribution in [0.1, 0.15) is 82.9 Å². The molecule has 2 rings (SSSR count). The van der Waals surface area contributed by atoms with E-state index in [9.17, 15) is 0 Å². The zero-order valence-corrected chi connectivity index (χ0v) is 13.7. The maximum Gasteiger partial charge on any atom is 0.131 e. The minimum absolute atomic E-state index is 0.319. The van der Waals surface area contributed by atoms with Crippen LogP contribution >= 0.6 is 0 Å². The molecule has 0 bridgehead atoms. The maximum atomic E-state index is 4.89. The number of hydrogen-bond donors (Lipinski definition) is 1. The summed E-state index contributed by atoms with van der Waals surface area (Å²) in [5, 5.41) is 3.67. The van der Waals surface area contributed by atoms with E-state index in [4.69, 9.17) is 4.98 Å².